The number of hydrogen-bond acceptors (Lipinski definition) is 3. The zero-order valence-corrected chi connectivity index (χ0v) is 8.95. The number of carbonyl (C=O) groups is 1. The molecule has 0 amide bonds. The molecule has 0 aliphatic heterocycles. The van der Waals surface area contributed by atoms with Gasteiger partial charge in [0.2, 0.25) is 0 Å². The van der Waals surface area contributed by atoms with Gasteiger partial charge in [-0.2, -0.15) is 0 Å². The van der Waals surface area contributed by atoms with Crippen LogP contribution in [0.4, 0.5) is 0 Å². The summed E-state index contributed by atoms with van der Waals surface area (Å²) < 4.78 is 0. The number of aromatic hydroxyl groups is 1. The smallest absolute Gasteiger partial charge is 0.312 e. The van der Waals surface area contributed by atoms with Crippen LogP contribution in [0.15, 0.2) is 12.1 Å². The first kappa shape index (κ1) is 11.8. The van der Waals surface area contributed by atoms with E-state index < -0.39 is 11.9 Å². The summed E-state index contributed by atoms with van der Waals surface area (Å²) in [6.45, 7) is 1.57. The van der Waals surface area contributed by atoms with Gasteiger partial charge in [-0.1, -0.05) is 17.7 Å². The maximum absolute atomic E-state index is 10.9. The number of nitrogens with two attached hydrogens (primary N) is 1. The summed E-state index contributed by atoms with van der Waals surface area (Å²) in [4.78, 5) is 10.9. The predicted molar refractivity (Wildman–Crippen MR) is 57.3 cm³/mol. The third-order valence-corrected chi connectivity index (χ3v) is 2.58. The second-order valence-electron chi connectivity index (χ2n) is 3.25. The third kappa shape index (κ3) is 2.22. The van der Waals surface area contributed by atoms with Crippen LogP contribution in [-0.4, -0.2) is 22.7 Å². The molecule has 0 saturated carbocycles. The topological polar surface area (TPSA) is 83.6 Å². The number of phenols is 1. The summed E-state index contributed by atoms with van der Waals surface area (Å²) in [5, 5.41) is 18.9. The Labute approximate surface area is 92.3 Å². The Morgan fingerprint density at radius 2 is 2.20 bits per heavy atom. The van der Waals surface area contributed by atoms with Gasteiger partial charge in [-0.3, -0.25) is 4.79 Å². The number of aliphatic carboxylic acids is 1. The van der Waals surface area contributed by atoms with Crippen molar-refractivity contribution in [3.05, 3.63) is 28.3 Å². The van der Waals surface area contributed by atoms with Crippen LogP contribution >= 0.6 is 11.6 Å². The van der Waals surface area contributed by atoms with Crippen LogP contribution in [0, 0.1) is 6.92 Å². The largest absolute Gasteiger partial charge is 0.507 e. The molecule has 0 aromatic heterocycles. The number of carboxylic acid groups (broad SMARTS) is 1. The molecule has 0 fully saturated rings. The number of phenolic OH excluding ortho intramolecular Hbond substituents is 1. The lowest BCUT2D eigenvalue weighted by molar-refractivity contribution is -0.138. The minimum atomic E-state index is -1.10. The molecule has 82 valence electrons. The Bertz CT molecular complexity index is 392. The van der Waals surface area contributed by atoms with Crippen LogP contribution in [0.25, 0.3) is 0 Å². The maximum Gasteiger partial charge on any atom is 0.312 e. The molecule has 4 N–H and O–H groups in total. The average molecular weight is 230 g/mol. The zero-order valence-electron chi connectivity index (χ0n) is 8.20. The molecule has 0 saturated heterocycles. The van der Waals surface area contributed by atoms with Gasteiger partial charge in [-0.25, -0.2) is 0 Å². The Morgan fingerprint density at radius 1 is 1.60 bits per heavy atom. The van der Waals surface area contributed by atoms with E-state index in [0.29, 0.717) is 5.56 Å². The highest BCUT2D eigenvalue weighted by Gasteiger charge is 2.24. The van der Waals surface area contributed by atoms with Crippen LogP contribution in [0.5, 0.6) is 5.75 Å². The number of aryl methyl sites for hydroxylation is 1. The fourth-order valence-electron chi connectivity index (χ4n) is 1.37. The lowest BCUT2D eigenvalue weighted by Crippen LogP contribution is -2.21. The highest BCUT2D eigenvalue weighted by Crippen LogP contribution is 2.34. The molecule has 0 aliphatic carbocycles. The van der Waals surface area contributed by atoms with E-state index in [1.165, 1.54) is 0 Å². The highest BCUT2D eigenvalue weighted by atomic mass is 35.5. The lowest BCUT2D eigenvalue weighted by atomic mass is 9.96. The van der Waals surface area contributed by atoms with Crippen molar-refractivity contribution >= 4 is 17.6 Å². The highest BCUT2D eigenvalue weighted by molar-refractivity contribution is 6.31. The Morgan fingerprint density at radius 3 is 2.67 bits per heavy atom. The molecule has 15 heavy (non-hydrogen) atoms. The molecule has 0 bridgehead atoms. The molecule has 1 aromatic rings. The summed E-state index contributed by atoms with van der Waals surface area (Å²) >= 11 is 5.84. The normalized spacial score (nSPS) is 12.5. The zero-order chi connectivity index (χ0) is 11.6. The Balaban J connectivity index is 3.34. The molecule has 5 heteroatoms. The molecule has 1 rings (SSSR count). The summed E-state index contributed by atoms with van der Waals surface area (Å²) in [6, 6.07) is 3.17. The van der Waals surface area contributed by atoms with Gasteiger partial charge in [0.1, 0.15) is 5.75 Å². The fraction of sp³-hybridized carbons (Fsp3) is 0.300. The summed E-state index contributed by atoms with van der Waals surface area (Å²) in [5.41, 5.74) is 6.11. The molecule has 0 aliphatic rings. The fourth-order valence-corrected chi connectivity index (χ4v) is 1.65. The van der Waals surface area contributed by atoms with Gasteiger partial charge >= 0.3 is 5.97 Å². The van der Waals surface area contributed by atoms with Gasteiger partial charge in [0.05, 0.1) is 5.92 Å². The molecule has 1 atom stereocenters. The second-order valence-corrected chi connectivity index (χ2v) is 3.66. The van der Waals surface area contributed by atoms with Crippen LogP contribution in [0.3, 0.4) is 0 Å². The van der Waals surface area contributed by atoms with E-state index >= 15 is 0 Å². The minimum absolute atomic E-state index is 0.0969. The number of carboxylic acids is 1. The van der Waals surface area contributed by atoms with Gasteiger partial charge in [0.25, 0.3) is 0 Å². The monoisotopic (exact) mass is 229 g/mol. The number of hydrogen-bond donors (Lipinski definition) is 3. The standard InChI is InChI=1S/C10H12ClNO3/c1-5-2-3-7(11)8(9(5)13)6(4-12)10(14)15/h2-3,6,13H,4,12H2,1H3,(H,14,15). The second kappa shape index (κ2) is 4.51. The molecular formula is C10H12ClNO3. The van der Waals surface area contributed by atoms with E-state index in [9.17, 15) is 9.90 Å². The quantitative estimate of drug-likeness (QED) is 0.733. The Kier molecular flexibility index (Phi) is 3.55. The molecule has 1 aromatic carbocycles. The van der Waals surface area contributed by atoms with E-state index in [-0.39, 0.29) is 22.9 Å². The van der Waals surface area contributed by atoms with Crippen LogP contribution in [0.2, 0.25) is 5.02 Å². The third-order valence-electron chi connectivity index (χ3n) is 2.25. The van der Waals surface area contributed by atoms with Crippen molar-refractivity contribution in [3.8, 4) is 5.75 Å². The minimum Gasteiger partial charge on any atom is -0.507 e. The van der Waals surface area contributed by atoms with E-state index in [1.54, 1.807) is 19.1 Å². The van der Waals surface area contributed by atoms with E-state index in [0.717, 1.165) is 0 Å². The van der Waals surface area contributed by atoms with Crippen LogP contribution in [-0.2, 0) is 4.79 Å². The summed E-state index contributed by atoms with van der Waals surface area (Å²) in [5.74, 6) is -2.17. The SMILES string of the molecule is Cc1ccc(Cl)c(C(CN)C(=O)O)c1O. The number of benzene rings is 1. The van der Waals surface area contributed by atoms with Crippen molar-refractivity contribution in [1.29, 1.82) is 0 Å². The molecule has 1 unspecified atom stereocenters. The molecule has 0 spiro atoms. The predicted octanol–water partition coefficient (Wildman–Crippen LogP) is 1.48. The van der Waals surface area contributed by atoms with Crippen molar-refractivity contribution < 1.29 is 15.0 Å². The molecule has 4 nitrogen and oxygen atoms in total. The number of halogens is 1. The van der Waals surface area contributed by atoms with Crippen LogP contribution < -0.4 is 5.73 Å². The van der Waals surface area contributed by atoms with Gasteiger partial charge in [0, 0.05) is 17.1 Å². The maximum atomic E-state index is 10.9. The van der Waals surface area contributed by atoms with Crippen LogP contribution in [0.1, 0.15) is 17.0 Å². The van der Waals surface area contributed by atoms with Crippen molar-refractivity contribution in [2.75, 3.05) is 6.54 Å². The summed E-state index contributed by atoms with van der Waals surface area (Å²) in [6.07, 6.45) is 0. The van der Waals surface area contributed by atoms with Gasteiger partial charge < -0.3 is 15.9 Å². The van der Waals surface area contributed by atoms with Gasteiger partial charge in [0.15, 0.2) is 0 Å². The summed E-state index contributed by atoms with van der Waals surface area (Å²) in [7, 11) is 0. The van der Waals surface area contributed by atoms with Crippen molar-refractivity contribution in [2.45, 2.75) is 12.8 Å². The van der Waals surface area contributed by atoms with Crippen molar-refractivity contribution in [3.63, 3.8) is 0 Å². The molecular weight excluding hydrogens is 218 g/mol. The van der Waals surface area contributed by atoms with E-state index in [1.807, 2.05) is 0 Å². The average Bonchev–Trinajstić information content (AvgIpc) is 2.18. The lowest BCUT2D eigenvalue weighted by Gasteiger charge is -2.15. The van der Waals surface area contributed by atoms with E-state index in [2.05, 4.69) is 0 Å². The molecule has 0 radical (unpaired) electrons. The van der Waals surface area contributed by atoms with E-state index in [4.69, 9.17) is 22.4 Å². The first-order valence-corrected chi connectivity index (χ1v) is 4.77. The van der Waals surface area contributed by atoms with Gasteiger partial charge in [-0.15, -0.1) is 0 Å². The first-order chi connectivity index (χ1) is 6.99. The number of rotatable bonds is 3. The Hall–Kier alpha value is -1.26. The van der Waals surface area contributed by atoms with Crippen molar-refractivity contribution in [2.24, 2.45) is 5.73 Å². The van der Waals surface area contributed by atoms with Crippen molar-refractivity contribution in [1.82, 2.24) is 0 Å². The first-order valence-electron chi connectivity index (χ1n) is 4.39. The van der Waals surface area contributed by atoms with Gasteiger partial charge in [-0.05, 0) is 18.6 Å². The molecule has 0 heterocycles.